The van der Waals surface area contributed by atoms with Crippen LogP contribution in [0.15, 0.2) is 54.6 Å². The maximum atomic E-state index is 12.2. The lowest BCUT2D eigenvalue weighted by atomic mass is 10.1. The second kappa shape index (κ2) is 8.28. The van der Waals surface area contributed by atoms with Crippen molar-refractivity contribution in [2.45, 2.75) is 31.9 Å². The number of benzene rings is 2. The van der Waals surface area contributed by atoms with Crippen LogP contribution in [0.5, 0.6) is 0 Å². The van der Waals surface area contributed by atoms with Crippen molar-refractivity contribution in [3.05, 3.63) is 65.7 Å². The van der Waals surface area contributed by atoms with Crippen LogP contribution in [0, 0.1) is 0 Å². The third kappa shape index (κ3) is 5.96. The number of aliphatic hydroxyl groups excluding tert-OH is 1. The first-order valence-corrected chi connectivity index (χ1v) is 9.54. The van der Waals surface area contributed by atoms with Crippen LogP contribution in [0.25, 0.3) is 0 Å². The van der Waals surface area contributed by atoms with Gasteiger partial charge in [0.15, 0.2) is 0 Å². The van der Waals surface area contributed by atoms with Crippen LogP contribution < -0.4 is 10.5 Å². The zero-order valence-corrected chi connectivity index (χ0v) is 14.5. The van der Waals surface area contributed by atoms with Gasteiger partial charge in [-0.1, -0.05) is 42.5 Å². The average molecular weight is 347 g/mol. The summed E-state index contributed by atoms with van der Waals surface area (Å²) in [5.74, 6) is -0.238. The van der Waals surface area contributed by atoms with E-state index in [9.17, 15) is 13.5 Å². The molecule has 129 valence electrons. The molecule has 2 unspecified atom stereocenters. The Kier molecular flexibility index (Phi) is 6.36. The van der Waals surface area contributed by atoms with Crippen molar-refractivity contribution in [3.8, 4) is 0 Å². The Bertz CT molecular complexity index is 729. The van der Waals surface area contributed by atoms with Gasteiger partial charge in [-0.25, -0.2) is 8.42 Å². The van der Waals surface area contributed by atoms with Crippen LogP contribution >= 0.6 is 0 Å². The van der Waals surface area contributed by atoms with Crippen LogP contribution in [-0.4, -0.2) is 25.3 Å². The molecule has 0 fully saturated rings. The lowest BCUT2D eigenvalue weighted by Gasteiger charge is -2.13. The lowest BCUT2D eigenvalue weighted by molar-refractivity contribution is 0.199. The van der Waals surface area contributed by atoms with Crippen LogP contribution in [0.2, 0.25) is 0 Å². The average Bonchev–Trinajstić information content (AvgIpc) is 2.53. The smallest absolute Gasteiger partial charge is 0.234 e. The molecule has 0 aliphatic rings. The molecule has 2 aromatic rings. The van der Waals surface area contributed by atoms with Crippen molar-refractivity contribution < 1.29 is 13.5 Å². The fraction of sp³-hybridized carbons (Fsp3) is 0.333. The minimum atomic E-state index is -3.57. The summed E-state index contributed by atoms with van der Waals surface area (Å²) in [7, 11) is -3.57. The first kappa shape index (κ1) is 18.4. The quantitative estimate of drug-likeness (QED) is 0.769. The van der Waals surface area contributed by atoms with E-state index in [1.807, 2.05) is 30.3 Å². The Morgan fingerprint density at radius 2 is 1.71 bits per heavy atom. The van der Waals surface area contributed by atoms with Crippen LogP contribution in [-0.2, 0) is 16.4 Å². The Morgan fingerprint density at radius 1 is 1.08 bits per heavy atom. The summed E-state index contributed by atoms with van der Waals surface area (Å²) in [5, 5.41) is 9.46. The molecular formula is C18H23N2O3S. The molecule has 6 heteroatoms. The van der Waals surface area contributed by atoms with E-state index >= 15 is 0 Å². The summed E-state index contributed by atoms with van der Waals surface area (Å²) in [6, 6.07) is 15.6. The number of rotatable bonds is 8. The van der Waals surface area contributed by atoms with Gasteiger partial charge in [0, 0.05) is 11.7 Å². The van der Waals surface area contributed by atoms with E-state index in [-0.39, 0.29) is 5.75 Å². The number of hydrogen-bond donors (Lipinski definition) is 2. The molecular weight excluding hydrogens is 324 g/mol. The van der Waals surface area contributed by atoms with Gasteiger partial charge in [0.05, 0.1) is 11.9 Å². The van der Waals surface area contributed by atoms with E-state index in [0.717, 1.165) is 11.1 Å². The second-order valence-corrected chi connectivity index (χ2v) is 7.67. The lowest BCUT2D eigenvalue weighted by Crippen LogP contribution is -2.27. The molecule has 2 aromatic carbocycles. The first-order valence-electron chi connectivity index (χ1n) is 7.89. The standard InChI is InChI=1S/C18H23N2O3S/c1-14(21)16-8-11-18(12-9-16)20-24(22,23)13-17(19)10-7-15-5-3-2-4-6-15/h2-6,8-9,11-12,14,17,19-21H,7,10,13H2,1H3. The van der Waals surface area contributed by atoms with E-state index in [0.29, 0.717) is 18.5 Å². The van der Waals surface area contributed by atoms with Gasteiger partial charge in [-0.05, 0) is 43.0 Å². The van der Waals surface area contributed by atoms with Crippen molar-refractivity contribution >= 4 is 15.7 Å². The number of anilines is 1. The largest absolute Gasteiger partial charge is 0.389 e. The Morgan fingerprint density at radius 3 is 2.29 bits per heavy atom. The third-order valence-corrected chi connectivity index (χ3v) is 5.10. The van der Waals surface area contributed by atoms with Crippen LogP contribution in [0.1, 0.15) is 30.6 Å². The molecule has 3 N–H and O–H groups in total. The zero-order valence-electron chi connectivity index (χ0n) is 13.6. The van der Waals surface area contributed by atoms with Crippen molar-refractivity contribution in [2.24, 2.45) is 0 Å². The van der Waals surface area contributed by atoms with Gasteiger partial charge in [0.1, 0.15) is 0 Å². The summed E-state index contributed by atoms with van der Waals surface area (Å²) in [6.45, 7) is 1.65. The highest BCUT2D eigenvalue weighted by Gasteiger charge is 2.17. The highest BCUT2D eigenvalue weighted by atomic mass is 32.2. The van der Waals surface area contributed by atoms with Crippen molar-refractivity contribution in [1.82, 2.24) is 5.73 Å². The molecule has 2 atom stereocenters. The minimum Gasteiger partial charge on any atom is -0.389 e. The fourth-order valence-corrected chi connectivity index (χ4v) is 3.66. The molecule has 0 spiro atoms. The van der Waals surface area contributed by atoms with Gasteiger partial charge in [-0.3, -0.25) is 10.5 Å². The van der Waals surface area contributed by atoms with Gasteiger partial charge in [0.25, 0.3) is 0 Å². The van der Waals surface area contributed by atoms with E-state index in [1.54, 1.807) is 31.2 Å². The minimum absolute atomic E-state index is 0.238. The molecule has 0 heterocycles. The number of aliphatic hydroxyl groups is 1. The van der Waals surface area contributed by atoms with Crippen molar-refractivity contribution in [1.29, 1.82) is 0 Å². The number of aryl methyl sites for hydroxylation is 1. The summed E-state index contributed by atoms with van der Waals surface area (Å²) in [6.07, 6.45) is 0.589. The van der Waals surface area contributed by atoms with E-state index < -0.39 is 22.2 Å². The molecule has 0 aromatic heterocycles. The SMILES string of the molecule is CC(O)c1ccc(NS(=O)(=O)CC([NH])CCc2ccccc2)cc1. The predicted molar refractivity (Wildman–Crippen MR) is 96.1 cm³/mol. The van der Waals surface area contributed by atoms with Gasteiger partial charge in [-0.15, -0.1) is 0 Å². The maximum absolute atomic E-state index is 12.2. The van der Waals surface area contributed by atoms with Gasteiger partial charge in [-0.2, -0.15) is 0 Å². The number of sulfonamides is 1. The third-order valence-electron chi connectivity index (χ3n) is 3.71. The Labute approximate surface area is 143 Å². The maximum Gasteiger partial charge on any atom is 0.234 e. The molecule has 0 saturated heterocycles. The molecule has 0 saturated carbocycles. The molecule has 1 radical (unpaired) electrons. The number of nitrogens with one attached hydrogen (secondary N) is 2. The summed E-state index contributed by atoms with van der Waals surface area (Å²) < 4.78 is 26.8. The normalized spacial score (nSPS) is 14.1. The van der Waals surface area contributed by atoms with E-state index in [2.05, 4.69) is 4.72 Å². The topological polar surface area (TPSA) is 90.2 Å². The van der Waals surface area contributed by atoms with Crippen LogP contribution in [0.4, 0.5) is 5.69 Å². The molecule has 0 aliphatic heterocycles. The second-order valence-electron chi connectivity index (χ2n) is 5.90. The molecule has 0 amide bonds. The zero-order chi connectivity index (χ0) is 17.6. The monoisotopic (exact) mass is 347 g/mol. The molecule has 24 heavy (non-hydrogen) atoms. The van der Waals surface area contributed by atoms with E-state index in [4.69, 9.17) is 5.73 Å². The van der Waals surface area contributed by atoms with Gasteiger partial charge >= 0.3 is 0 Å². The highest BCUT2D eigenvalue weighted by Crippen LogP contribution is 2.17. The number of hydrogen-bond acceptors (Lipinski definition) is 3. The summed E-state index contributed by atoms with van der Waals surface area (Å²) in [4.78, 5) is 0. The molecule has 5 nitrogen and oxygen atoms in total. The first-order chi connectivity index (χ1) is 11.4. The molecule has 2 rings (SSSR count). The molecule has 0 bridgehead atoms. The Hall–Kier alpha value is -1.89. The Balaban J connectivity index is 1.88. The summed E-state index contributed by atoms with van der Waals surface area (Å²) in [5.41, 5.74) is 10.2. The highest BCUT2D eigenvalue weighted by molar-refractivity contribution is 7.92. The van der Waals surface area contributed by atoms with Crippen molar-refractivity contribution in [2.75, 3.05) is 10.5 Å². The van der Waals surface area contributed by atoms with E-state index in [1.165, 1.54) is 0 Å². The predicted octanol–water partition coefficient (Wildman–Crippen LogP) is 2.77. The summed E-state index contributed by atoms with van der Waals surface area (Å²) >= 11 is 0. The van der Waals surface area contributed by atoms with Gasteiger partial charge < -0.3 is 5.11 Å². The molecule has 0 aliphatic carbocycles. The fourth-order valence-electron chi connectivity index (χ4n) is 2.38. The van der Waals surface area contributed by atoms with Crippen molar-refractivity contribution in [3.63, 3.8) is 0 Å². The van der Waals surface area contributed by atoms with Crippen LogP contribution in [0.3, 0.4) is 0 Å². The van der Waals surface area contributed by atoms with Gasteiger partial charge in [0.2, 0.25) is 10.0 Å².